The Labute approximate surface area is 320 Å². The van der Waals surface area contributed by atoms with Crippen LogP contribution in [0.4, 0.5) is 8.78 Å². The smallest absolute Gasteiger partial charge is 0.387 e. The number of benzene rings is 4. The van der Waals surface area contributed by atoms with Gasteiger partial charge in [-0.05, 0) is 97.8 Å². The molecule has 4 aromatic carbocycles. The van der Waals surface area contributed by atoms with Crippen LogP contribution in [-0.4, -0.2) is 53.6 Å². The van der Waals surface area contributed by atoms with E-state index >= 15 is 0 Å². The number of aromatic nitrogens is 2. The van der Waals surface area contributed by atoms with E-state index in [9.17, 15) is 23.6 Å². The monoisotopic (exact) mass is 760 g/mol. The molecule has 1 amide bonds. The molecule has 2 fully saturated rings. The lowest BCUT2D eigenvalue weighted by atomic mass is 9.91. The summed E-state index contributed by atoms with van der Waals surface area (Å²) >= 11 is 0. The summed E-state index contributed by atoms with van der Waals surface area (Å²) in [5, 5.41) is 19.4. The van der Waals surface area contributed by atoms with Crippen molar-refractivity contribution in [3.63, 3.8) is 0 Å². The van der Waals surface area contributed by atoms with E-state index in [4.69, 9.17) is 28.3 Å². The summed E-state index contributed by atoms with van der Waals surface area (Å²) in [6, 6.07) is 20.1. The van der Waals surface area contributed by atoms with Gasteiger partial charge in [0.15, 0.2) is 11.2 Å². The molecule has 0 radical (unpaired) electrons. The maximum Gasteiger partial charge on any atom is 0.387 e. The second-order valence-corrected chi connectivity index (χ2v) is 14.1. The van der Waals surface area contributed by atoms with Crippen molar-refractivity contribution in [2.24, 2.45) is 0 Å². The molecule has 8 rings (SSSR count). The number of oxazole rings is 2. The highest BCUT2D eigenvalue weighted by molar-refractivity contribution is 5.86. The van der Waals surface area contributed by atoms with E-state index in [-0.39, 0.29) is 41.3 Å². The lowest BCUT2D eigenvalue weighted by Crippen LogP contribution is -2.35. The molecule has 3 N–H and O–H groups in total. The zero-order valence-electron chi connectivity index (χ0n) is 30.7. The molecule has 0 aliphatic carbocycles. The first kappa shape index (κ1) is 36.8. The molecule has 56 heavy (non-hydrogen) atoms. The Morgan fingerprint density at radius 1 is 0.982 bits per heavy atom. The van der Waals surface area contributed by atoms with Crippen LogP contribution in [0.25, 0.3) is 56.2 Å². The van der Waals surface area contributed by atoms with Crippen molar-refractivity contribution >= 4 is 34.1 Å². The van der Waals surface area contributed by atoms with Gasteiger partial charge in [0.2, 0.25) is 17.7 Å². The molecule has 6 aromatic rings. The molecule has 14 heteroatoms. The fourth-order valence-electron chi connectivity index (χ4n) is 7.50. The molecule has 0 spiro atoms. The minimum absolute atomic E-state index is 0.0652. The molecule has 286 valence electrons. The fourth-order valence-corrected chi connectivity index (χ4v) is 7.50. The molecular formula is C42H38F2N6O6. The number of fused-ring (bicyclic) bond motifs is 2. The molecule has 2 aromatic heterocycles. The van der Waals surface area contributed by atoms with Gasteiger partial charge < -0.3 is 34.3 Å². The fraction of sp³-hybridized carbons (Fsp3) is 0.310. The molecule has 0 bridgehead atoms. The van der Waals surface area contributed by atoms with Crippen LogP contribution in [0.3, 0.4) is 0 Å². The van der Waals surface area contributed by atoms with Crippen molar-refractivity contribution in [1.82, 2.24) is 25.9 Å². The van der Waals surface area contributed by atoms with Crippen LogP contribution < -0.4 is 20.7 Å². The van der Waals surface area contributed by atoms with Crippen molar-refractivity contribution in [1.29, 1.82) is 5.26 Å². The average Bonchev–Trinajstić information content (AvgIpc) is 4.01. The van der Waals surface area contributed by atoms with Crippen molar-refractivity contribution in [2.75, 3.05) is 13.1 Å². The number of ether oxygens (including phenoxy) is 2. The Bertz CT molecular complexity index is 2520. The van der Waals surface area contributed by atoms with E-state index in [0.717, 1.165) is 46.2 Å². The van der Waals surface area contributed by atoms with Crippen molar-refractivity contribution in [3.05, 3.63) is 88.5 Å². The minimum Gasteiger partial charge on any atom is -0.460 e. The normalized spacial score (nSPS) is 16.8. The molecule has 2 saturated heterocycles. The van der Waals surface area contributed by atoms with E-state index in [1.807, 2.05) is 56.3 Å². The summed E-state index contributed by atoms with van der Waals surface area (Å²) in [7, 11) is 0. The van der Waals surface area contributed by atoms with Gasteiger partial charge in [-0.3, -0.25) is 9.59 Å². The highest BCUT2D eigenvalue weighted by Crippen LogP contribution is 2.39. The molecule has 0 saturated carbocycles. The number of nitrogens with zero attached hydrogens (tertiary/aromatic N) is 3. The van der Waals surface area contributed by atoms with Gasteiger partial charge in [0.1, 0.15) is 35.5 Å². The number of hydrogen-bond donors (Lipinski definition) is 3. The molecule has 2 aliphatic heterocycles. The first-order valence-electron chi connectivity index (χ1n) is 18.5. The second kappa shape index (κ2) is 15.5. The summed E-state index contributed by atoms with van der Waals surface area (Å²) < 4.78 is 49.5. The number of amides is 1. The number of alkyl halides is 2. The standard InChI is InChI=1S/C42H38F2N6O6/c1-22-28(6-3-8-30(22)39-49-33-16-26(21-53-41(52)32-10-5-13-47-32)35(55-42(43)44)17-36(33)54-39)29-7-4-9-31(23(29)2)40-50-34-15-24(14-25(18-45)38(34)56-40)19-46-20-27-11-12-37(51)48-27/h3-4,6-9,14-17,27,32,42,46-47H,5,10-13,19-21H2,1-2H3,(H,48,51)/t27?,32-/m0/s1. The van der Waals surface area contributed by atoms with Gasteiger partial charge in [0.25, 0.3) is 0 Å². The predicted octanol–water partition coefficient (Wildman–Crippen LogP) is 7.22. The highest BCUT2D eigenvalue weighted by Gasteiger charge is 2.26. The topological polar surface area (TPSA) is 165 Å². The van der Waals surface area contributed by atoms with Crippen LogP contribution in [0.5, 0.6) is 5.75 Å². The largest absolute Gasteiger partial charge is 0.460 e. The lowest BCUT2D eigenvalue weighted by Gasteiger charge is -2.14. The Hall–Kier alpha value is -6.17. The Morgan fingerprint density at radius 3 is 2.36 bits per heavy atom. The summed E-state index contributed by atoms with van der Waals surface area (Å²) in [5.41, 5.74) is 8.13. The van der Waals surface area contributed by atoms with Crippen LogP contribution in [0.2, 0.25) is 0 Å². The lowest BCUT2D eigenvalue weighted by molar-refractivity contribution is -0.147. The minimum atomic E-state index is -3.10. The van der Waals surface area contributed by atoms with Gasteiger partial charge in [0, 0.05) is 48.3 Å². The number of hydrogen-bond acceptors (Lipinski definition) is 11. The molecule has 1 unspecified atom stereocenters. The Morgan fingerprint density at radius 2 is 1.70 bits per heavy atom. The van der Waals surface area contributed by atoms with Gasteiger partial charge in [-0.2, -0.15) is 14.0 Å². The second-order valence-electron chi connectivity index (χ2n) is 14.1. The van der Waals surface area contributed by atoms with Crippen molar-refractivity contribution in [3.8, 4) is 45.9 Å². The average molecular weight is 761 g/mol. The zero-order valence-corrected chi connectivity index (χ0v) is 30.7. The summed E-state index contributed by atoms with van der Waals surface area (Å²) in [5.74, 6) is 0.111. The number of carbonyl (C=O) groups is 2. The SMILES string of the molecule is Cc1c(-c2nc3cc(COC(=O)[C@@H]4CCCN4)c(OC(F)F)cc3o2)cccc1-c1cccc(-c2nc3cc(CNCC4CCC(=O)N4)cc(C#N)c3o2)c1C. The quantitative estimate of drug-likeness (QED) is 0.108. The summed E-state index contributed by atoms with van der Waals surface area (Å²) in [4.78, 5) is 33.6. The third kappa shape index (κ3) is 7.43. The first-order valence-corrected chi connectivity index (χ1v) is 18.5. The predicted molar refractivity (Wildman–Crippen MR) is 202 cm³/mol. The van der Waals surface area contributed by atoms with Gasteiger partial charge in [-0.25, -0.2) is 9.97 Å². The number of carbonyl (C=O) groups excluding carboxylic acids is 2. The number of nitriles is 1. The van der Waals surface area contributed by atoms with E-state index < -0.39 is 18.6 Å². The Balaban J connectivity index is 1.07. The van der Waals surface area contributed by atoms with Crippen LogP contribution in [0.1, 0.15) is 53.5 Å². The van der Waals surface area contributed by atoms with E-state index in [0.29, 0.717) is 66.1 Å². The molecular weight excluding hydrogens is 722 g/mol. The van der Waals surface area contributed by atoms with Gasteiger partial charge >= 0.3 is 12.6 Å². The maximum atomic E-state index is 13.4. The molecule has 12 nitrogen and oxygen atoms in total. The van der Waals surface area contributed by atoms with Gasteiger partial charge in [0.05, 0.1) is 5.56 Å². The third-order valence-corrected chi connectivity index (χ3v) is 10.4. The molecule has 2 atom stereocenters. The number of nitrogens with one attached hydrogen (secondary N) is 3. The molecule has 4 heterocycles. The van der Waals surface area contributed by atoms with Crippen LogP contribution in [0, 0.1) is 25.2 Å². The van der Waals surface area contributed by atoms with Crippen LogP contribution in [0.15, 0.2) is 69.5 Å². The Kier molecular flexibility index (Phi) is 10.2. The maximum absolute atomic E-state index is 13.4. The highest BCUT2D eigenvalue weighted by atomic mass is 19.3. The van der Waals surface area contributed by atoms with Crippen molar-refractivity contribution in [2.45, 2.75) is 71.4 Å². The van der Waals surface area contributed by atoms with Gasteiger partial charge in [-0.15, -0.1) is 0 Å². The number of esters is 1. The number of rotatable bonds is 12. The van der Waals surface area contributed by atoms with Gasteiger partial charge in [-0.1, -0.05) is 24.3 Å². The zero-order chi connectivity index (χ0) is 38.9. The van der Waals surface area contributed by atoms with Crippen molar-refractivity contribution < 1.29 is 36.7 Å². The first-order chi connectivity index (χ1) is 27.1. The van der Waals surface area contributed by atoms with Crippen LogP contribution >= 0.6 is 0 Å². The summed E-state index contributed by atoms with van der Waals surface area (Å²) in [6.45, 7) is 2.42. The molecule has 2 aliphatic rings. The van der Waals surface area contributed by atoms with Crippen LogP contribution in [-0.2, 0) is 27.5 Å². The van der Waals surface area contributed by atoms with E-state index in [2.05, 4.69) is 22.0 Å². The number of halogens is 2. The van der Waals surface area contributed by atoms with E-state index in [1.165, 1.54) is 12.1 Å². The van der Waals surface area contributed by atoms with E-state index in [1.54, 1.807) is 6.07 Å². The third-order valence-electron chi connectivity index (χ3n) is 10.4. The summed E-state index contributed by atoms with van der Waals surface area (Å²) in [6.07, 6.45) is 2.83.